The molecule has 2 rings (SSSR count). The molecule has 2 aromatic carbocycles. The van der Waals surface area contributed by atoms with Crippen LogP contribution in [0.4, 0.5) is 17.1 Å². The molecule has 0 unspecified atom stereocenters. The lowest BCUT2D eigenvalue weighted by atomic mass is 10.1. The summed E-state index contributed by atoms with van der Waals surface area (Å²) in [4.78, 5) is 0. The van der Waals surface area contributed by atoms with Crippen LogP contribution in [0.25, 0.3) is 0 Å². The summed E-state index contributed by atoms with van der Waals surface area (Å²) in [6.45, 7) is 6.98. The Morgan fingerprint density at radius 1 is 1.00 bits per heavy atom. The Hall–Kier alpha value is -2.16. The maximum Gasteiger partial charge on any atom is 0.144 e. The molecule has 3 nitrogen and oxygen atoms in total. The fourth-order valence-electron chi connectivity index (χ4n) is 1.93. The number of benzene rings is 2. The number of nitrogen functional groups attached to an aromatic ring is 1. The molecule has 0 atom stereocenters. The van der Waals surface area contributed by atoms with Crippen LogP contribution in [-0.4, -0.2) is 6.61 Å². The van der Waals surface area contributed by atoms with Gasteiger partial charge in [0, 0.05) is 17.4 Å². The molecular weight excluding hydrogens is 248 g/mol. The van der Waals surface area contributed by atoms with Gasteiger partial charge in [-0.3, -0.25) is 0 Å². The van der Waals surface area contributed by atoms with Gasteiger partial charge in [-0.1, -0.05) is 13.0 Å². The lowest BCUT2D eigenvalue weighted by molar-refractivity contribution is 0.319. The molecule has 0 aliphatic rings. The highest BCUT2D eigenvalue weighted by molar-refractivity contribution is 5.67. The molecule has 0 bridgehead atoms. The van der Waals surface area contributed by atoms with E-state index in [-0.39, 0.29) is 0 Å². The largest absolute Gasteiger partial charge is 0.491 e. The third-order valence-corrected chi connectivity index (χ3v) is 3.27. The molecule has 0 aromatic heterocycles. The number of hydrogen-bond acceptors (Lipinski definition) is 3. The molecule has 0 radical (unpaired) electrons. The molecule has 0 spiro atoms. The molecule has 0 heterocycles. The fraction of sp³-hybridized carbons (Fsp3) is 0.294. The second kappa shape index (κ2) is 6.33. The van der Waals surface area contributed by atoms with Gasteiger partial charge in [0.1, 0.15) is 5.75 Å². The quantitative estimate of drug-likeness (QED) is 0.791. The van der Waals surface area contributed by atoms with Crippen molar-refractivity contribution in [3.8, 4) is 5.75 Å². The van der Waals surface area contributed by atoms with Crippen LogP contribution < -0.4 is 15.8 Å². The van der Waals surface area contributed by atoms with E-state index in [0.717, 1.165) is 23.5 Å². The topological polar surface area (TPSA) is 47.3 Å². The van der Waals surface area contributed by atoms with Gasteiger partial charge in [-0.25, -0.2) is 0 Å². The van der Waals surface area contributed by atoms with Crippen molar-refractivity contribution in [1.29, 1.82) is 0 Å². The van der Waals surface area contributed by atoms with Crippen molar-refractivity contribution in [3.63, 3.8) is 0 Å². The number of aryl methyl sites for hydroxylation is 2. The Kier molecular flexibility index (Phi) is 4.51. The number of anilines is 3. The lowest BCUT2D eigenvalue weighted by Gasteiger charge is -2.12. The summed E-state index contributed by atoms with van der Waals surface area (Å²) in [5, 5.41) is 3.38. The van der Waals surface area contributed by atoms with E-state index in [4.69, 9.17) is 10.5 Å². The first-order valence-corrected chi connectivity index (χ1v) is 6.96. The van der Waals surface area contributed by atoms with Crippen LogP contribution in [0.5, 0.6) is 5.75 Å². The Morgan fingerprint density at radius 3 is 2.40 bits per heavy atom. The summed E-state index contributed by atoms with van der Waals surface area (Å²) in [7, 11) is 0. The van der Waals surface area contributed by atoms with Gasteiger partial charge in [0.25, 0.3) is 0 Å². The van der Waals surface area contributed by atoms with E-state index in [0.29, 0.717) is 12.3 Å². The van der Waals surface area contributed by atoms with Crippen LogP contribution in [0.1, 0.15) is 24.5 Å². The molecule has 0 saturated carbocycles. The molecule has 2 aromatic rings. The number of nitrogens with two attached hydrogens (primary N) is 1. The Bertz CT molecular complexity index is 594. The second-order valence-electron chi connectivity index (χ2n) is 5.03. The molecule has 0 amide bonds. The van der Waals surface area contributed by atoms with Crippen LogP contribution in [0, 0.1) is 13.8 Å². The highest BCUT2D eigenvalue weighted by Crippen LogP contribution is 2.28. The number of nitrogens with one attached hydrogen (secondary N) is 1. The van der Waals surface area contributed by atoms with Gasteiger partial charge in [-0.15, -0.1) is 0 Å². The van der Waals surface area contributed by atoms with Crippen molar-refractivity contribution >= 4 is 17.1 Å². The summed E-state index contributed by atoms with van der Waals surface area (Å²) in [6, 6.07) is 12.1. The maximum absolute atomic E-state index is 5.91. The van der Waals surface area contributed by atoms with E-state index in [1.807, 2.05) is 18.2 Å². The third-order valence-electron chi connectivity index (χ3n) is 3.27. The molecular formula is C17H22N2O. The van der Waals surface area contributed by atoms with E-state index < -0.39 is 0 Å². The van der Waals surface area contributed by atoms with E-state index in [1.54, 1.807) is 0 Å². The lowest BCUT2D eigenvalue weighted by Crippen LogP contribution is -2.00. The van der Waals surface area contributed by atoms with Crippen LogP contribution in [0.2, 0.25) is 0 Å². The SMILES string of the molecule is CCCOc1cc(Nc2ccc(C)c(C)c2)ccc1N. The molecule has 3 N–H and O–H groups in total. The number of rotatable bonds is 5. The second-order valence-corrected chi connectivity index (χ2v) is 5.03. The van der Waals surface area contributed by atoms with Crippen molar-refractivity contribution < 1.29 is 4.74 Å². The van der Waals surface area contributed by atoms with Crippen LogP contribution in [-0.2, 0) is 0 Å². The summed E-state index contributed by atoms with van der Waals surface area (Å²) in [5.41, 5.74) is 11.2. The number of hydrogen-bond donors (Lipinski definition) is 2. The predicted molar refractivity (Wildman–Crippen MR) is 85.8 cm³/mol. The zero-order chi connectivity index (χ0) is 14.5. The van der Waals surface area contributed by atoms with Gasteiger partial charge in [0.2, 0.25) is 0 Å². The Morgan fingerprint density at radius 2 is 1.70 bits per heavy atom. The average molecular weight is 270 g/mol. The van der Waals surface area contributed by atoms with Crippen LogP contribution >= 0.6 is 0 Å². The summed E-state index contributed by atoms with van der Waals surface area (Å²) in [6.07, 6.45) is 0.967. The minimum absolute atomic E-state index is 0.670. The van der Waals surface area contributed by atoms with Gasteiger partial charge < -0.3 is 15.8 Å². The maximum atomic E-state index is 5.91. The summed E-state index contributed by atoms with van der Waals surface area (Å²) >= 11 is 0. The van der Waals surface area contributed by atoms with Crippen LogP contribution in [0.3, 0.4) is 0 Å². The summed E-state index contributed by atoms with van der Waals surface area (Å²) < 4.78 is 5.64. The minimum atomic E-state index is 0.670. The first-order chi connectivity index (χ1) is 9.60. The van der Waals surface area contributed by atoms with Crippen molar-refractivity contribution in [2.45, 2.75) is 27.2 Å². The molecule has 0 fully saturated rings. The Labute approximate surface area is 120 Å². The van der Waals surface area contributed by atoms with Crippen molar-refractivity contribution in [3.05, 3.63) is 47.5 Å². The van der Waals surface area contributed by atoms with Gasteiger partial charge in [-0.2, -0.15) is 0 Å². The van der Waals surface area contributed by atoms with E-state index in [1.165, 1.54) is 11.1 Å². The van der Waals surface area contributed by atoms with Crippen molar-refractivity contribution in [2.75, 3.05) is 17.7 Å². The predicted octanol–water partition coefficient (Wildman–Crippen LogP) is 4.42. The van der Waals surface area contributed by atoms with Crippen molar-refractivity contribution in [2.24, 2.45) is 0 Å². The first-order valence-electron chi connectivity index (χ1n) is 6.96. The summed E-state index contributed by atoms with van der Waals surface area (Å²) in [5.74, 6) is 0.737. The molecule has 0 aliphatic carbocycles. The van der Waals surface area contributed by atoms with Gasteiger partial charge >= 0.3 is 0 Å². The van der Waals surface area contributed by atoms with Gasteiger partial charge in [0.05, 0.1) is 12.3 Å². The third kappa shape index (κ3) is 3.44. The van der Waals surface area contributed by atoms with E-state index in [9.17, 15) is 0 Å². The fourth-order valence-corrected chi connectivity index (χ4v) is 1.93. The number of ether oxygens (including phenoxy) is 1. The van der Waals surface area contributed by atoms with E-state index in [2.05, 4.69) is 44.3 Å². The molecule has 106 valence electrons. The minimum Gasteiger partial charge on any atom is -0.491 e. The zero-order valence-electron chi connectivity index (χ0n) is 12.4. The van der Waals surface area contributed by atoms with Gasteiger partial charge in [0.15, 0.2) is 0 Å². The highest BCUT2D eigenvalue weighted by atomic mass is 16.5. The normalized spacial score (nSPS) is 10.3. The average Bonchev–Trinajstić information content (AvgIpc) is 2.43. The van der Waals surface area contributed by atoms with E-state index >= 15 is 0 Å². The highest BCUT2D eigenvalue weighted by Gasteiger charge is 2.03. The molecule has 0 aliphatic heterocycles. The zero-order valence-corrected chi connectivity index (χ0v) is 12.4. The smallest absolute Gasteiger partial charge is 0.144 e. The standard InChI is InChI=1S/C17H22N2O/c1-4-9-20-17-11-15(7-8-16(17)18)19-14-6-5-12(2)13(3)10-14/h5-8,10-11,19H,4,9,18H2,1-3H3. The van der Waals surface area contributed by atoms with Crippen molar-refractivity contribution in [1.82, 2.24) is 0 Å². The molecule has 20 heavy (non-hydrogen) atoms. The monoisotopic (exact) mass is 270 g/mol. The first kappa shape index (κ1) is 14.3. The van der Waals surface area contributed by atoms with Gasteiger partial charge in [-0.05, 0) is 55.7 Å². The molecule has 0 saturated heterocycles. The van der Waals surface area contributed by atoms with Crippen LogP contribution in [0.15, 0.2) is 36.4 Å². The molecule has 3 heteroatoms. The Balaban J connectivity index is 2.18.